The van der Waals surface area contributed by atoms with Crippen molar-refractivity contribution in [1.82, 2.24) is 0 Å². The first-order chi connectivity index (χ1) is 46.6. The molecule has 3 unspecified atom stereocenters. The van der Waals surface area contributed by atoms with Crippen LogP contribution in [-0.4, -0.2) is 96.7 Å². The number of ether oxygens (including phenoxy) is 4. The number of rotatable bonds is 75. The molecule has 0 aromatic rings. The van der Waals surface area contributed by atoms with E-state index in [-0.39, 0.29) is 25.7 Å². The molecule has 0 aromatic carbocycles. The molecule has 19 heteroatoms. The van der Waals surface area contributed by atoms with E-state index in [1.54, 1.807) is 0 Å². The van der Waals surface area contributed by atoms with Gasteiger partial charge in [0.05, 0.1) is 26.4 Å². The number of phosphoric acid groups is 2. The lowest BCUT2D eigenvalue weighted by Crippen LogP contribution is -2.30. The smallest absolute Gasteiger partial charge is 0.462 e. The standard InChI is InChI=1S/C78H152O17P2/c1-68(2)54-46-38-30-23-19-15-11-9-13-17-21-25-34-42-50-58-75(80)88-64-73(95-78(83)61-53-45-36-28-27-32-40-48-56-70(5)6)66-92-96(84,85)90-62-72(79)63-91-97(86,87)93-67-74(65-89-76(81)59-51-43-37-29-33-41-49-57-71(7)8)94-77(82)60-52-44-35-26-22-18-14-10-12-16-20-24-31-39-47-55-69(3)4/h68-74,79H,9-67H2,1-8H3,(H,84,85)(H,86,87)/t72?,73-,74-/m1/s1. The van der Waals surface area contributed by atoms with E-state index in [1.807, 2.05) is 0 Å². The molecule has 5 atom stereocenters. The Morgan fingerprint density at radius 1 is 0.258 bits per heavy atom. The first-order valence-corrected chi connectivity index (χ1v) is 43.2. The molecule has 0 aliphatic carbocycles. The number of hydrogen-bond acceptors (Lipinski definition) is 15. The Morgan fingerprint density at radius 2 is 0.433 bits per heavy atom. The van der Waals surface area contributed by atoms with Crippen molar-refractivity contribution in [3.8, 4) is 0 Å². The summed E-state index contributed by atoms with van der Waals surface area (Å²) in [6.45, 7) is 14.2. The molecule has 0 aliphatic rings. The molecule has 0 aromatic heterocycles. The summed E-state index contributed by atoms with van der Waals surface area (Å²) in [5.41, 5.74) is 0. The normalized spacial score (nSPS) is 14.1. The van der Waals surface area contributed by atoms with E-state index in [4.69, 9.17) is 37.0 Å². The molecule has 17 nitrogen and oxygen atoms in total. The maximum Gasteiger partial charge on any atom is 0.472 e. The number of aliphatic hydroxyl groups is 1. The maximum atomic E-state index is 13.1. The monoisotopic (exact) mass is 1420 g/mol. The Bertz CT molecular complexity index is 1900. The van der Waals surface area contributed by atoms with Gasteiger partial charge in [0.2, 0.25) is 0 Å². The van der Waals surface area contributed by atoms with Crippen LogP contribution in [0.3, 0.4) is 0 Å². The van der Waals surface area contributed by atoms with Crippen LogP contribution in [-0.2, 0) is 65.4 Å². The van der Waals surface area contributed by atoms with Gasteiger partial charge in [0.15, 0.2) is 12.2 Å². The lowest BCUT2D eigenvalue weighted by molar-refractivity contribution is -0.161. The third-order valence-corrected chi connectivity index (χ3v) is 20.0. The third-order valence-electron chi connectivity index (χ3n) is 18.1. The molecule has 0 saturated carbocycles. The minimum Gasteiger partial charge on any atom is -0.462 e. The van der Waals surface area contributed by atoms with E-state index in [1.165, 1.54) is 193 Å². The van der Waals surface area contributed by atoms with Crippen molar-refractivity contribution >= 4 is 39.5 Å². The van der Waals surface area contributed by atoms with Gasteiger partial charge in [-0.15, -0.1) is 0 Å². The van der Waals surface area contributed by atoms with Gasteiger partial charge in [-0.1, -0.05) is 344 Å². The Balaban J connectivity index is 5.19. The number of aliphatic hydroxyl groups excluding tert-OH is 1. The van der Waals surface area contributed by atoms with Gasteiger partial charge >= 0.3 is 39.5 Å². The molecular formula is C78H152O17P2. The van der Waals surface area contributed by atoms with Crippen LogP contribution in [0.25, 0.3) is 0 Å². The van der Waals surface area contributed by atoms with Crippen LogP contribution in [0.5, 0.6) is 0 Å². The van der Waals surface area contributed by atoms with Gasteiger partial charge in [-0.25, -0.2) is 9.13 Å². The fourth-order valence-corrected chi connectivity index (χ4v) is 13.5. The predicted molar refractivity (Wildman–Crippen MR) is 395 cm³/mol. The molecule has 0 amide bonds. The first-order valence-electron chi connectivity index (χ1n) is 40.2. The zero-order valence-electron chi connectivity index (χ0n) is 63.7. The van der Waals surface area contributed by atoms with Crippen LogP contribution in [0.15, 0.2) is 0 Å². The van der Waals surface area contributed by atoms with Gasteiger partial charge in [-0.3, -0.25) is 37.3 Å². The van der Waals surface area contributed by atoms with Crippen molar-refractivity contribution in [2.75, 3.05) is 39.6 Å². The number of esters is 4. The van der Waals surface area contributed by atoms with Crippen LogP contribution in [0.1, 0.15) is 396 Å². The molecular weight excluding hydrogens is 1270 g/mol. The molecule has 0 aliphatic heterocycles. The summed E-state index contributed by atoms with van der Waals surface area (Å²) in [6.07, 6.45) is 52.9. The Kier molecular flexibility index (Phi) is 65.9. The third kappa shape index (κ3) is 72.2. The highest BCUT2D eigenvalue weighted by atomic mass is 31.2. The van der Waals surface area contributed by atoms with Crippen LogP contribution < -0.4 is 0 Å². The van der Waals surface area contributed by atoms with Crippen molar-refractivity contribution in [3.05, 3.63) is 0 Å². The van der Waals surface area contributed by atoms with Gasteiger partial charge in [-0.2, -0.15) is 0 Å². The fourth-order valence-electron chi connectivity index (χ4n) is 11.9. The zero-order valence-corrected chi connectivity index (χ0v) is 65.5. The summed E-state index contributed by atoms with van der Waals surface area (Å²) >= 11 is 0. The van der Waals surface area contributed by atoms with E-state index in [2.05, 4.69) is 55.4 Å². The summed E-state index contributed by atoms with van der Waals surface area (Å²) in [4.78, 5) is 72.8. The largest absolute Gasteiger partial charge is 0.472 e. The number of phosphoric ester groups is 2. The van der Waals surface area contributed by atoms with Gasteiger partial charge < -0.3 is 33.8 Å². The second-order valence-electron chi connectivity index (χ2n) is 30.0. The van der Waals surface area contributed by atoms with E-state index in [0.717, 1.165) is 114 Å². The molecule has 0 heterocycles. The molecule has 0 bridgehead atoms. The van der Waals surface area contributed by atoms with Crippen LogP contribution >= 0.6 is 15.6 Å². The van der Waals surface area contributed by atoms with Crippen LogP contribution in [0.2, 0.25) is 0 Å². The highest BCUT2D eigenvalue weighted by Crippen LogP contribution is 2.45. The van der Waals surface area contributed by atoms with Crippen molar-refractivity contribution < 1.29 is 80.2 Å². The molecule has 3 N–H and O–H groups in total. The summed E-state index contributed by atoms with van der Waals surface area (Å²) < 4.78 is 68.6. The first kappa shape index (κ1) is 95.1. The second-order valence-corrected chi connectivity index (χ2v) is 32.9. The topological polar surface area (TPSA) is 237 Å². The highest BCUT2D eigenvalue weighted by Gasteiger charge is 2.30. The number of carbonyl (C=O) groups excluding carboxylic acids is 4. The molecule has 576 valence electrons. The van der Waals surface area contributed by atoms with Crippen LogP contribution in [0, 0.1) is 23.7 Å². The van der Waals surface area contributed by atoms with Crippen molar-refractivity contribution in [3.63, 3.8) is 0 Å². The Morgan fingerprint density at radius 3 is 0.639 bits per heavy atom. The van der Waals surface area contributed by atoms with E-state index in [0.29, 0.717) is 31.6 Å². The molecule has 0 rings (SSSR count). The average molecular weight is 1420 g/mol. The van der Waals surface area contributed by atoms with Crippen molar-refractivity contribution in [1.29, 1.82) is 0 Å². The van der Waals surface area contributed by atoms with Crippen molar-refractivity contribution in [2.24, 2.45) is 23.7 Å². The summed E-state index contributed by atoms with van der Waals surface area (Å²) in [6, 6.07) is 0. The number of unbranched alkanes of at least 4 members (excludes halogenated alkanes) is 41. The van der Waals surface area contributed by atoms with Gasteiger partial charge in [0, 0.05) is 25.7 Å². The summed E-state index contributed by atoms with van der Waals surface area (Å²) in [5, 5.41) is 10.6. The quantitative estimate of drug-likeness (QED) is 0.0222. The lowest BCUT2D eigenvalue weighted by Gasteiger charge is -2.21. The average Bonchev–Trinajstić information content (AvgIpc) is 1.24. The fraction of sp³-hybridized carbons (Fsp3) is 0.949. The SMILES string of the molecule is CC(C)CCCCCCCCCCCCCCCCCC(=O)OC[C@H](COP(=O)(O)OCC(O)COP(=O)(O)OC[C@@H](COC(=O)CCCCCCCCCC(C)C)OC(=O)CCCCCCCCCCCCCCCCCC(C)C)OC(=O)CCCCCCCCCCC(C)C. The Labute approximate surface area is 594 Å². The summed E-state index contributed by atoms with van der Waals surface area (Å²) in [5.74, 6) is 0.912. The molecule has 0 radical (unpaired) electrons. The highest BCUT2D eigenvalue weighted by molar-refractivity contribution is 7.47. The number of hydrogen-bond donors (Lipinski definition) is 3. The number of carbonyl (C=O) groups is 4. The maximum absolute atomic E-state index is 13.1. The van der Waals surface area contributed by atoms with Crippen LogP contribution in [0.4, 0.5) is 0 Å². The molecule has 0 spiro atoms. The molecule has 0 fully saturated rings. The minimum absolute atomic E-state index is 0.104. The van der Waals surface area contributed by atoms with Gasteiger partial charge in [0.1, 0.15) is 19.3 Å². The van der Waals surface area contributed by atoms with E-state index >= 15 is 0 Å². The predicted octanol–water partition coefficient (Wildman–Crippen LogP) is 22.8. The van der Waals surface area contributed by atoms with E-state index in [9.17, 15) is 43.2 Å². The van der Waals surface area contributed by atoms with Gasteiger partial charge in [0.25, 0.3) is 0 Å². The summed E-state index contributed by atoms with van der Waals surface area (Å²) in [7, 11) is -9.92. The Hall–Kier alpha value is -1.94. The van der Waals surface area contributed by atoms with Crippen molar-refractivity contribution in [2.45, 2.75) is 414 Å². The molecule has 97 heavy (non-hydrogen) atoms. The lowest BCUT2D eigenvalue weighted by atomic mass is 10.0. The second kappa shape index (κ2) is 67.2. The zero-order chi connectivity index (χ0) is 71.7. The van der Waals surface area contributed by atoms with Gasteiger partial charge in [-0.05, 0) is 49.4 Å². The molecule has 0 saturated heterocycles. The van der Waals surface area contributed by atoms with E-state index < -0.39 is 97.5 Å². The minimum atomic E-state index is -4.96.